The van der Waals surface area contributed by atoms with Gasteiger partial charge in [-0.15, -0.1) is 5.10 Å². The fraction of sp³-hybridized carbons (Fsp3) is 0.417. The Balaban J connectivity index is 2.38. The maximum absolute atomic E-state index is 11.6. The molecule has 0 saturated heterocycles. The molecule has 0 atom stereocenters. The average molecular weight is 291 g/mol. The Morgan fingerprint density at radius 3 is 2.85 bits per heavy atom. The Hall–Kier alpha value is -2.14. The van der Waals surface area contributed by atoms with Crippen LogP contribution in [0.2, 0.25) is 0 Å². The number of nitrogens with zero attached hydrogens (tertiary/aromatic N) is 5. The van der Waals surface area contributed by atoms with E-state index in [1.807, 2.05) is 20.1 Å². The van der Waals surface area contributed by atoms with Crippen LogP contribution in [0.3, 0.4) is 0 Å². The second kappa shape index (κ2) is 5.88. The van der Waals surface area contributed by atoms with Gasteiger partial charge in [0.1, 0.15) is 6.07 Å². The molecule has 0 unspecified atom stereocenters. The maximum Gasteiger partial charge on any atom is 0.311 e. The van der Waals surface area contributed by atoms with E-state index < -0.39 is 5.97 Å². The van der Waals surface area contributed by atoms with Crippen molar-refractivity contribution in [1.29, 1.82) is 5.26 Å². The number of thioether (sulfide) groups is 1. The van der Waals surface area contributed by atoms with Gasteiger partial charge in [-0.05, 0) is 20.1 Å². The number of nitriles is 1. The molecular formula is C12H13N5O2S. The molecule has 2 aromatic rings. The summed E-state index contributed by atoms with van der Waals surface area (Å²) < 4.78 is 6.38. The van der Waals surface area contributed by atoms with Crippen molar-refractivity contribution < 1.29 is 9.53 Å². The predicted octanol–water partition coefficient (Wildman–Crippen LogP) is 1.07. The number of fused-ring (bicyclic) bond motifs is 1. The standard InChI is InChI=1S/C12H13N5O2S/c1-7-9(6-10(18)19-5-4-13)8(2)17-11(14-7)15-12(16-17)20-3/h5-6H2,1-3H3. The van der Waals surface area contributed by atoms with Gasteiger partial charge < -0.3 is 4.74 Å². The molecule has 0 aromatic carbocycles. The summed E-state index contributed by atoms with van der Waals surface area (Å²) in [6.45, 7) is 3.42. The van der Waals surface area contributed by atoms with Gasteiger partial charge in [0.15, 0.2) is 6.61 Å². The summed E-state index contributed by atoms with van der Waals surface area (Å²) in [4.78, 5) is 20.2. The highest BCUT2D eigenvalue weighted by atomic mass is 32.2. The molecule has 0 N–H and O–H groups in total. The van der Waals surface area contributed by atoms with Crippen molar-refractivity contribution in [2.45, 2.75) is 25.4 Å². The fourth-order valence-corrected chi connectivity index (χ4v) is 2.18. The van der Waals surface area contributed by atoms with Crippen molar-refractivity contribution in [2.75, 3.05) is 12.9 Å². The lowest BCUT2D eigenvalue weighted by atomic mass is 10.1. The minimum Gasteiger partial charge on any atom is -0.450 e. The molecule has 0 aliphatic carbocycles. The normalized spacial score (nSPS) is 10.5. The smallest absolute Gasteiger partial charge is 0.311 e. The number of rotatable bonds is 4. The van der Waals surface area contributed by atoms with Crippen molar-refractivity contribution in [3.63, 3.8) is 0 Å². The van der Waals surface area contributed by atoms with Gasteiger partial charge in [0.25, 0.3) is 5.78 Å². The lowest BCUT2D eigenvalue weighted by molar-refractivity contribution is -0.141. The van der Waals surface area contributed by atoms with Crippen LogP contribution in [0.25, 0.3) is 5.78 Å². The molecule has 20 heavy (non-hydrogen) atoms. The van der Waals surface area contributed by atoms with E-state index in [9.17, 15) is 4.79 Å². The van der Waals surface area contributed by atoms with Gasteiger partial charge in [-0.25, -0.2) is 9.50 Å². The lowest BCUT2D eigenvalue weighted by Gasteiger charge is -2.09. The molecule has 2 heterocycles. The summed E-state index contributed by atoms with van der Waals surface area (Å²) in [6.07, 6.45) is 1.95. The maximum atomic E-state index is 11.6. The third-order valence-electron chi connectivity index (χ3n) is 2.83. The van der Waals surface area contributed by atoms with Crippen LogP contribution in [0.5, 0.6) is 0 Å². The number of ether oxygens (including phenoxy) is 1. The SMILES string of the molecule is CSc1nc2nc(C)c(CC(=O)OCC#N)c(C)n2n1. The lowest BCUT2D eigenvalue weighted by Crippen LogP contribution is -2.13. The van der Waals surface area contributed by atoms with Gasteiger partial charge in [-0.2, -0.15) is 10.2 Å². The van der Waals surface area contributed by atoms with E-state index in [1.165, 1.54) is 11.8 Å². The second-order valence-electron chi connectivity index (χ2n) is 4.07. The second-order valence-corrected chi connectivity index (χ2v) is 4.84. The molecular weight excluding hydrogens is 278 g/mol. The largest absolute Gasteiger partial charge is 0.450 e. The molecule has 2 aromatic heterocycles. The summed E-state index contributed by atoms with van der Waals surface area (Å²) in [5.41, 5.74) is 2.26. The number of carbonyl (C=O) groups excluding carboxylic acids is 1. The molecule has 0 aliphatic rings. The van der Waals surface area contributed by atoms with E-state index in [1.54, 1.807) is 10.6 Å². The van der Waals surface area contributed by atoms with Gasteiger partial charge in [0, 0.05) is 17.0 Å². The Morgan fingerprint density at radius 1 is 1.45 bits per heavy atom. The van der Waals surface area contributed by atoms with Crippen molar-refractivity contribution in [1.82, 2.24) is 19.6 Å². The Kier molecular flexibility index (Phi) is 4.20. The van der Waals surface area contributed by atoms with Crippen LogP contribution < -0.4 is 0 Å². The van der Waals surface area contributed by atoms with Gasteiger partial charge in [0.05, 0.1) is 6.42 Å². The van der Waals surface area contributed by atoms with E-state index in [0.29, 0.717) is 16.6 Å². The van der Waals surface area contributed by atoms with Crippen LogP contribution in [0, 0.1) is 25.2 Å². The third-order valence-corrected chi connectivity index (χ3v) is 3.37. The van der Waals surface area contributed by atoms with E-state index in [4.69, 9.17) is 10.00 Å². The van der Waals surface area contributed by atoms with Crippen molar-refractivity contribution in [3.8, 4) is 6.07 Å². The number of aryl methyl sites for hydroxylation is 2. The fourth-order valence-electron chi connectivity index (χ4n) is 1.84. The topological polar surface area (TPSA) is 93.2 Å². The molecule has 2 rings (SSSR count). The van der Waals surface area contributed by atoms with Gasteiger partial charge in [-0.1, -0.05) is 11.8 Å². The highest BCUT2D eigenvalue weighted by Crippen LogP contribution is 2.17. The van der Waals surface area contributed by atoms with Gasteiger partial charge >= 0.3 is 5.97 Å². The number of hydrogen-bond donors (Lipinski definition) is 0. The zero-order valence-corrected chi connectivity index (χ0v) is 12.2. The highest BCUT2D eigenvalue weighted by molar-refractivity contribution is 7.98. The van der Waals surface area contributed by atoms with Crippen LogP contribution in [0.4, 0.5) is 0 Å². The molecule has 7 nitrogen and oxygen atoms in total. The Labute approximate surface area is 120 Å². The molecule has 104 valence electrons. The Morgan fingerprint density at radius 2 is 2.20 bits per heavy atom. The number of esters is 1. The molecule has 8 heteroatoms. The van der Waals surface area contributed by atoms with Crippen molar-refractivity contribution in [2.24, 2.45) is 0 Å². The molecule has 0 amide bonds. The molecule has 0 radical (unpaired) electrons. The van der Waals surface area contributed by atoms with Gasteiger partial charge in [0.2, 0.25) is 5.16 Å². The quantitative estimate of drug-likeness (QED) is 0.614. The number of hydrogen-bond acceptors (Lipinski definition) is 7. The van der Waals surface area contributed by atoms with Crippen molar-refractivity contribution >= 4 is 23.5 Å². The van der Waals surface area contributed by atoms with Crippen LogP contribution >= 0.6 is 11.8 Å². The van der Waals surface area contributed by atoms with Crippen molar-refractivity contribution in [3.05, 3.63) is 17.0 Å². The van der Waals surface area contributed by atoms with E-state index in [0.717, 1.165) is 11.3 Å². The molecule has 0 bridgehead atoms. The van der Waals surface area contributed by atoms with Crippen LogP contribution in [-0.2, 0) is 16.0 Å². The summed E-state index contributed by atoms with van der Waals surface area (Å²) in [5.74, 6) is 0.0580. The van der Waals surface area contributed by atoms with E-state index >= 15 is 0 Å². The van der Waals surface area contributed by atoms with E-state index in [2.05, 4.69) is 15.1 Å². The summed E-state index contributed by atoms with van der Waals surface area (Å²) in [5, 5.41) is 13.3. The predicted molar refractivity (Wildman–Crippen MR) is 72.3 cm³/mol. The number of aromatic nitrogens is 4. The highest BCUT2D eigenvalue weighted by Gasteiger charge is 2.16. The van der Waals surface area contributed by atoms with Crippen LogP contribution in [0.15, 0.2) is 5.16 Å². The molecule has 0 fully saturated rings. The summed E-state index contributed by atoms with van der Waals surface area (Å²) in [7, 11) is 0. The first-order chi connectivity index (χ1) is 9.56. The van der Waals surface area contributed by atoms with E-state index in [-0.39, 0.29) is 13.0 Å². The first kappa shape index (κ1) is 14.3. The van der Waals surface area contributed by atoms with Crippen LogP contribution in [-0.4, -0.2) is 38.4 Å². The monoisotopic (exact) mass is 291 g/mol. The first-order valence-corrected chi connectivity index (χ1v) is 7.08. The summed E-state index contributed by atoms with van der Waals surface area (Å²) in [6, 6.07) is 1.77. The minimum atomic E-state index is -0.455. The molecule has 0 saturated carbocycles. The molecule has 0 spiro atoms. The number of carbonyl (C=O) groups is 1. The average Bonchev–Trinajstić information content (AvgIpc) is 2.84. The minimum absolute atomic E-state index is 0.0662. The van der Waals surface area contributed by atoms with Crippen LogP contribution in [0.1, 0.15) is 17.0 Å². The van der Waals surface area contributed by atoms with Gasteiger partial charge in [-0.3, -0.25) is 4.79 Å². The third kappa shape index (κ3) is 2.72. The zero-order valence-electron chi connectivity index (χ0n) is 11.4. The zero-order chi connectivity index (χ0) is 14.7. The first-order valence-electron chi connectivity index (χ1n) is 5.86. The molecule has 0 aliphatic heterocycles. The summed E-state index contributed by atoms with van der Waals surface area (Å²) >= 11 is 1.43. The Bertz CT molecular complexity index is 704.